The normalized spacial score (nSPS) is 17.1. The number of nitrogens with one attached hydrogen (secondary N) is 2. The van der Waals surface area contributed by atoms with Gasteiger partial charge in [0.1, 0.15) is 0 Å². The van der Waals surface area contributed by atoms with Crippen LogP contribution in [0.3, 0.4) is 0 Å². The number of thiazole rings is 1. The summed E-state index contributed by atoms with van der Waals surface area (Å²) >= 11 is 1.32. The van der Waals surface area contributed by atoms with E-state index in [1.807, 2.05) is 0 Å². The van der Waals surface area contributed by atoms with Crippen LogP contribution >= 0.6 is 23.7 Å². The summed E-state index contributed by atoms with van der Waals surface area (Å²) < 4.78 is 4.85. The minimum absolute atomic E-state index is 0. The number of rotatable bonds is 6. The van der Waals surface area contributed by atoms with Crippen molar-refractivity contribution in [1.29, 1.82) is 0 Å². The van der Waals surface area contributed by atoms with E-state index in [0.717, 1.165) is 19.4 Å². The molecule has 1 aliphatic rings. The Kier molecular flexibility index (Phi) is 7.63. The third-order valence-electron chi connectivity index (χ3n) is 3.02. The molecule has 0 saturated carbocycles. The van der Waals surface area contributed by atoms with Crippen LogP contribution in [-0.4, -0.2) is 36.1 Å². The Morgan fingerprint density at radius 3 is 3.05 bits per heavy atom. The second-order valence-corrected chi connectivity index (χ2v) is 5.53. The molecule has 0 aliphatic carbocycles. The number of hydrogen-bond acceptors (Lipinski definition) is 6. The number of ether oxygens (including phenoxy) is 1. The van der Waals surface area contributed by atoms with Gasteiger partial charge in [0.15, 0.2) is 5.13 Å². The molecule has 1 atom stereocenters. The Morgan fingerprint density at radius 2 is 2.38 bits per heavy atom. The molecule has 0 aromatic carbocycles. The van der Waals surface area contributed by atoms with Gasteiger partial charge in [-0.05, 0) is 26.3 Å². The topological polar surface area (TPSA) is 80.3 Å². The van der Waals surface area contributed by atoms with Crippen molar-refractivity contribution in [1.82, 2.24) is 10.3 Å². The van der Waals surface area contributed by atoms with Gasteiger partial charge in [-0.2, -0.15) is 0 Å². The molecule has 118 valence electrons. The number of amides is 1. The summed E-state index contributed by atoms with van der Waals surface area (Å²) in [5, 5.41) is 8.35. The van der Waals surface area contributed by atoms with Crippen LogP contribution in [0.4, 0.5) is 5.13 Å². The Bertz CT molecular complexity index is 475. The molecule has 21 heavy (non-hydrogen) atoms. The highest BCUT2D eigenvalue weighted by Gasteiger charge is 2.18. The number of carbonyl (C=O) groups excluding carboxylic acids is 2. The number of carbonyl (C=O) groups is 2. The molecule has 6 nitrogen and oxygen atoms in total. The molecular weight excluding hydrogens is 314 g/mol. The highest BCUT2D eigenvalue weighted by Crippen LogP contribution is 2.17. The predicted octanol–water partition coefficient (Wildman–Crippen LogP) is 1.75. The lowest BCUT2D eigenvalue weighted by Crippen LogP contribution is -2.27. The summed E-state index contributed by atoms with van der Waals surface area (Å²) in [4.78, 5) is 27.4. The second kappa shape index (κ2) is 8.96. The molecule has 0 radical (unpaired) electrons. The number of anilines is 1. The Hall–Kier alpha value is -1.18. The summed E-state index contributed by atoms with van der Waals surface area (Å²) in [5.74, 6) is -0.340. The van der Waals surface area contributed by atoms with E-state index in [1.165, 1.54) is 11.3 Å². The molecule has 1 aliphatic heterocycles. The Labute approximate surface area is 134 Å². The van der Waals surface area contributed by atoms with E-state index in [9.17, 15) is 9.59 Å². The van der Waals surface area contributed by atoms with Crippen molar-refractivity contribution in [3.63, 3.8) is 0 Å². The van der Waals surface area contributed by atoms with Crippen molar-refractivity contribution in [2.45, 2.75) is 38.6 Å². The molecule has 2 N–H and O–H groups in total. The molecule has 1 fully saturated rings. The molecule has 1 unspecified atom stereocenters. The van der Waals surface area contributed by atoms with E-state index in [2.05, 4.69) is 15.6 Å². The number of aromatic nitrogens is 1. The largest absolute Gasteiger partial charge is 0.466 e. The summed E-state index contributed by atoms with van der Waals surface area (Å²) in [6.07, 6.45) is 2.77. The van der Waals surface area contributed by atoms with Crippen molar-refractivity contribution in [2.75, 3.05) is 18.5 Å². The smallest absolute Gasteiger partial charge is 0.311 e. The predicted molar refractivity (Wildman–Crippen MR) is 84.0 cm³/mol. The van der Waals surface area contributed by atoms with E-state index < -0.39 is 0 Å². The third kappa shape index (κ3) is 5.99. The Morgan fingerprint density at radius 1 is 1.57 bits per heavy atom. The van der Waals surface area contributed by atoms with Crippen LogP contribution in [0.25, 0.3) is 0 Å². The number of esters is 1. The van der Waals surface area contributed by atoms with Crippen LogP contribution < -0.4 is 10.6 Å². The zero-order valence-electron chi connectivity index (χ0n) is 11.9. The molecule has 0 bridgehead atoms. The first-order chi connectivity index (χ1) is 9.67. The quantitative estimate of drug-likeness (QED) is 0.775. The number of halogens is 1. The van der Waals surface area contributed by atoms with Gasteiger partial charge < -0.3 is 15.4 Å². The monoisotopic (exact) mass is 333 g/mol. The van der Waals surface area contributed by atoms with Gasteiger partial charge in [-0.1, -0.05) is 0 Å². The highest BCUT2D eigenvalue weighted by atomic mass is 35.5. The van der Waals surface area contributed by atoms with E-state index in [1.54, 1.807) is 12.3 Å². The SMILES string of the molecule is CCOC(=O)Cc1csc(NC(=O)CC2CCCN2)n1.Cl. The molecule has 1 saturated heterocycles. The molecule has 2 rings (SSSR count). The maximum absolute atomic E-state index is 11.8. The maximum Gasteiger partial charge on any atom is 0.311 e. The fraction of sp³-hybridized carbons (Fsp3) is 0.615. The van der Waals surface area contributed by atoms with E-state index in [-0.39, 0.29) is 36.7 Å². The van der Waals surface area contributed by atoms with Gasteiger partial charge in [-0.25, -0.2) is 4.98 Å². The lowest BCUT2D eigenvalue weighted by atomic mass is 10.1. The van der Waals surface area contributed by atoms with Gasteiger partial charge in [-0.3, -0.25) is 9.59 Å². The fourth-order valence-electron chi connectivity index (χ4n) is 2.13. The summed E-state index contributed by atoms with van der Waals surface area (Å²) in [6, 6.07) is 0.272. The van der Waals surface area contributed by atoms with Gasteiger partial charge in [0, 0.05) is 17.8 Å². The van der Waals surface area contributed by atoms with Crippen molar-refractivity contribution >= 4 is 40.8 Å². The van der Waals surface area contributed by atoms with Crippen molar-refractivity contribution < 1.29 is 14.3 Å². The Balaban J connectivity index is 0.00000220. The van der Waals surface area contributed by atoms with Gasteiger partial charge in [0.2, 0.25) is 5.91 Å². The minimum Gasteiger partial charge on any atom is -0.466 e. The summed E-state index contributed by atoms with van der Waals surface area (Å²) in [5.41, 5.74) is 0.628. The van der Waals surface area contributed by atoms with Gasteiger partial charge in [0.25, 0.3) is 0 Å². The van der Waals surface area contributed by atoms with E-state index in [4.69, 9.17) is 4.74 Å². The fourth-order valence-corrected chi connectivity index (χ4v) is 2.86. The lowest BCUT2D eigenvalue weighted by molar-refractivity contribution is -0.142. The summed E-state index contributed by atoms with van der Waals surface area (Å²) in [7, 11) is 0. The summed E-state index contributed by atoms with van der Waals surface area (Å²) in [6.45, 7) is 3.11. The lowest BCUT2D eigenvalue weighted by Gasteiger charge is -2.08. The molecule has 1 amide bonds. The van der Waals surface area contributed by atoms with E-state index in [0.29, 0.717) is 23.9 Å². The van der Waals surface area contributed by atoms with E-state index >= 15 is 0 Å². The van der Waals surface area contributed by atoms with Crippen LogP contribution in [0.15, 0.2) is 5.38 Å². The first-order valence-electron chi connectivity index (χ1n) is 6.80. The zero-order chi connectivity index (χ0) is 14.4. The first kappa shape index (κ1) is 17.9. The van der Waals surface area contributed by atoms with Crippen molar-refractivity contribution in [2.24, 2.45) is 0 Å². The first-order valence-corrected chi connectivity index (χ1v) is 7.68. The van der Waals surface area contributed by atoms with Crippen LogP contribution in [-0.2, 0) is 20.7 Å². The second-order valence-electron chi connectivity index (χ2n) is 4.67. The molecule has 1 aromatic heterocycles. The van der Waals surface area contributed by atoms with Crippen molar-refractivity contribution in [3.8, 4) is 0 Å². The van der Waals surface area contributed by atoms with Gasteiger partial charge >= 0.3 is 5.97 Å². The molecule has 0 spiro atoms. The van der Waals surface area contributed by atoms with Gasteiger partial charge in [0.05, 0.1) is 18.7 Å². The van der Waals surface area contributed by atoms with Gasteiger partial charge in [-0.15, -0.1) is 23.7 Å². The average molecular weight is 334 g/mol. The average Bonchev–Trinajstić information content (AvgIpc) is 3.02. The number of nitrogens with zero attached hydrogens (tertiary/aromatic N) is 1. The van der Waals surface area contributed by atoms with Crippen LogP contribution in [0, 0.1) is 0 Å². The van der Waals surface area contributed by atoms with Crippen LogP contribution in [0.5, 0.6) is 0 Å². The zero-order valence-corrected chi connectivity index (χ0v) is 13.5. The van der Waals surface area contributed by atoms with Crippen LogP contribution in [0.1, 0.15) is 31.9 Å². The minimum atomic E-state index is -0.300. The molecular formula is C13H20ClN3O3S. The number of hydrogen-bond donors (Lipinski definition) is 2. The van der Waals surface area contributed by atoms with Crippen LogP contribution in [0.2, 0.25) is 0 Å². The van der Waals surface area contributed by atoms with Crippen molar-refractivity contribution in [3.05, 3.63) is 11.1 Å². The third-order valence-corrected chi connectivity index (χ3v) is 3.83. The standard InChI is InChI=1S/C13H19N3O3S.ClH/c1-2-19-12(18)7-10-8-20-13(15-10)16-11(17)6-9-4-3-5-14-9;/h8-9,14H,2-7H2,1H3,(H,15,16,17);1H. The highest BCUT2D eigenvalue weighted by molar-refractivity contribution is 7.13. The molecule has 2 heterocycles. The molecule has 8 heteroatoms. The maximum atomic E-state index is 11.8. The molecule has 1 aromatic rings.